The van der Waals surface area contributed by atoms with Crippen LogP contribution in [0.15, 0.2) is 187 Å². The van der Waals surface area contributed by atoms with Crippen LogP contribution in [0.2, 0.25) is 10.0 Å². The van der Waals surface area contributed by atoms with Gasteiger partial charge in [0.1, 0.15) is 52.4 Å². The molecule has 0 bridgehead atoms. The molecule has 2 aliphatic heterocycles. The van der Waals surface area contributed by atoms with E-state index in [0.29, 0.717) is 55.6 Å². The van der Waals surface area contributed by atoms with E-state index in [4.69, 9.17) is 39.4 Å². The second-order valence-electron chi connectivity index (χ2n) is 22.3. The number of nitrogens with zero attached hydrogens (tertiary/aromatic N) is 6. The highest BCUT2D eigenvalue weighted by molar-refractivity contribution is 9.10. The van der Waals surface area contributed by atoms with Crippen molar-refractivity contribution >= 4 is 127 Å². The Morgan fingerprint density at radius 1 is 0.398 bits per heavy atom. The fourth-order valence-electron chi connectivity index (χ4n) is 9.94. The Hall–Kier alpha value is -11.2. The molecule has 0 aliphatic carbocycles. The second kappa shape index (κ2) is 33.5. The number of aromatic nitrogens is 3. The number of hydrogen-bond donors (Lipinski definition) is 9. The average Bonchev–Trinajstić information content (AvgIpc) is 1.83. The first kappa shape index (κ1) is 71.2. The molecule has 2 saturated heterocycles. The molecule has 0 radical (unpaired) electrons. The van der Waals surface area contributed by atoms with Gasteiger partial charge in [-0.3, -0.25) is 45.0 Å². The number of rotatable bonds is 15. The average molecular weight is 1430 g/mol. The summed E-state index contributed by atoms with van der Waals surface area (Å²) in [6, 6.07) is 39.9. The summed E-state index contributed by atoms with van der Waals surface area (Å²) >= 11 is 14.9. The van der Waals surface area contributed by atoms with Crippen LogP contribution in [0.3, 0.4) is 0 Å². The number of carbonyl (C=O) groups excluding carboxylic acids is 6. The molecule has 6 amide bonds. The van der Waals surface area contributed by atoms with Crippen LogP contribution in [0, 0.1) is 33.7 Å². The van der Waals surface area contributed by atoms with Crippen LogP contribution < -0.4 is 31.9 Å². The predicted octanol–water partition coefficient (Wildman–Crippen LogP) is 14.4. The van der Waals surface area contributed by atoms with Gasteiger partial charge in [0.05, 0.1) is 43.8 Å². The molecule has 3 aromatic heterocycles. The van der Waals surface area contributed by atoms with Crippen molar-refractivity contribution in [3.05, 3.63) is 264 Å². The maximum absolute atomic E-state index is 13.9. The van der Waals surface area contributed by atoms with Crippen molar-refractivity contribution in [2.75, 3.05) is 72.2 Å². The minimum Gasteiger partial charge on any atom is -0.363 e. The lowest BCUT2D eigenvalue weighted by Gasteiger charge is -2.29. The third-order valence-electron chi connectivity index (χ3n) is 15.1. The van der Waals surface area contributed by atoms with E-state index < -0.39 is 52.9 Å². The maximum Gasteiger partial charge on any atom is 0.259 e. The quantitative estimate of drug-likeness (QED) is 0.0342. The molecule has 6 aromatic carbocycles. The molecule has 9 N–H and O–H groups in total. The van der Waals surface area contributed by atoms with Gasteiger partial charge in [0.15, 0.2) is 0 Å². The van der Waals surface area contributed by atoms with Gasteiger partial charge < -0.3 is 46.6 Å². The number of piperidine rings is 1. The summed E-state index contributed by atoms with van der Waals surface area (Å²) in [5.41, 5.74) is 3.49. The Morgan fingerprint density at radius 2 is 0.704 bits per heavy atom. The fourth-order valence-corrected chi connectivity index (χ4v) is 10.4. The van der Waals surface area contributed by atoms with Crippen molar-refractivity contribution in [2.45, 2.75) is 32.1 Å². The first-order chi connectivity index (χ1) is 47.0. The summed E-state index contributed by atoms with van der Waals surface area (Å²) in [4.78, 5) is 94.1. The molecule has 27 heteroatoms. The maximum atomic E-state index is 13.9. The van der Waals surface area contributed by atoms with Crippen molar-refractivity contribution in [1.29, 1.82) is 16.2 Å². The van der Waals surface area contributed by atoms with Crippen molar-refractivity contribution in [2.24, 2.45) is 0 Å². The van der Waals surface area contributed by atoms with E-state index in [9.17, 15) is 41.9 Å². The Balaban J connectivity index is 0.000000172. The van der Waals surface area contributed by atoms with Gasteiger partial charge in [0.2, 0.25) is 0 Å². The molecular weight excluding hydrogens is 1370 g/mol. The van der Waals surface area contributed by atoms with Crippen LogP contribution in [0.5, 0.6) is 0 Å². The lowest BCUT2D eigenvalue weighted by Crippen LogP contribution is -2.35. The highest BCUT2D eigenvalue weighted by atomic mass is 79.9. The smallest absolute Gasteiger partial charge is 0.259 e. The first-order valence-corrected chi connectivity index (χ1v) is 32.0. The molecule has 2 fully saturated rings. The highest BCUT2D eigenvalue weighted by Gasteiger charge is 2.23. The molecule has 500 valence electrons. The Kier molecular flexibility index (Phi) is 24.3. The second-order valence-corrected chi connectivity index (χ2v) is 24.1. The third kappa shape index (κ3) is 19.5. The Bertz CT molecular complexity index is 4430. The molecule has 9 aromatic rings. The number of nitrogens with one attached hydrogen (secondary N) is 9. The normalized spacial score (nSPS) is 12.2. The number of amidine groups is 3. The third-order valence-corrected chi connectivity index (χ3v) is 16.0. The number of carbonyl (C=O) groups is 6. The van der Waals surface area contributed by atoms with Gasteiger partial charge in [-0.15, -0.1) is 0 Å². The molecule has 11 rings (SSSR count). The molecule has 0 atom stereocenters. The number of amides is 6. The van der Waals surface area contributed by atoms with E-state index >= 15 is 0 Å². The summed E-state index contributed by atoms with van der Waals surface area (Å²) in [5.74, 6) is -3.15. The zero-order chi connectivity index (χ0) is 70.0. The number of benzene rings is 6. The van der Waals surface area contributed by atoms with Crippen LogP contribution >= 0.6 is 39.1 Å². The van der Waals surface area contributed by atoms with E-state index in [-0.39, 0.29) is 45.4 Å². The standard InChI is InChI=1S/C25H23BrFN5O2.C24H21ClFN5O2.C22H19ClFN5O2/c26-18-8-11-22(29-15-18)31-25(34)20-14-19(27)9-10-21(20)30-24(33)17-6-4-16(5-7-17)23(28)32-12-2-1-3-13-32;25-17-7-10-21(28-14-17)30-24(33)19-13-18(26)8-9-20(19)29-23(32)16-5-3-15(4-6-16)22(27)31-11-1-2-12-31;1-29(2)20(25)13-3-5-14(6-4-13)21(30)27-18-9-8-16(24)11-17(18)22(31)28-19-10-7-15(23)12-26-19/h4-11,14-15,28H,1-3,12-13H2,(H,30,33)(H,29,31,34);3-10,13-14,27H,1-2,11-12H2,(H,29,32)(H,28,30,33);3-12,25H,1-2H3,(H,27,30)(H,26,28,31). The van der Waals surface area contributed by atoms with Gasteiger partial charge in [-0.05, 0) is 175 Å². The monoisotopic (exact) mass is 1430 g/mol. The van der Waals surface area contributed by atoms with Gasteiger partial charge in [0.25, 0.3) is 35.4 Å². The molecule has 5 heterocycles. The number of anilines is 6. The molecule has 0 spiro atoms. The van der Waals surface area contributed by atoms with Crippen LogP contribution in [0.25, 0.3) is 0 Å². The van der Waals surface area contributed by atoms with Crippen molar-refractivity contribution in [3.8, 4) is 0 Å². The zero-order valence-corrected chi connectivity index (χ0v) is 55.7. The minimum absolute atomic E-state index is 0.0263. The summed E-state index contributed by atoms with van der Waals surface area (Å²) < 4.78 is 42.3. The Labute approximate surface area is 579 Å². The van der Waals surface area contributed by atoms with E-state index in [2.05, 4.69) is 62.8 Å². The molecule has 0 saturated carbocycles. The van der Waals surface area contributed by atoms with E-state index in [0.717, 1.165) is 97.8 Å². The minimum atomic E-state index is -0.639. The van der Waals surface area contributed by atoms with Crippen LogP contribution in [-0.2, 0) is 0 Å². The van der Waals surface area contributed by atoms with Crippen molar-refractivity contribution in [3.63, 3.8) is 0 Å². The summed E-state index contributed by atoms with van der Waals surface area (Å²) in [5, 5.41) is 41.2. The molecule has 2 aliphatic rings. The summed E-state index contributed by atoms with van der Waals surface area (Å²) in [6.07, 6.45) is 9.76. The van der Waals surface area contributed by atoms with Crippen LogP contribution in [-0.4, -0.2) is 123 Å². The van der Waals surface area contributed by atoms with E-state index in [1.807, 2.05) is 9.80 Å². The SMILES string of the molecule is CN(C)C(=N)c1ccc(C(=O)Nc2ccc(F)cc2C(=O)Nc2ccc(Cl)cn2)cc1.N=C(c1ccc(C(=O)Nc2ccc(F)cc2C(=O)Nc2ccc(Br)cn2)cc1)N1CCCCC1.N=C(c1ccc(C(=O)Nc2ccc(F)cc2C(=O)Nc2ccc(Cl)cn2)cc1)N1CCCC1. The molecule has 21 nitrogen and oxygen atoms in total. The topological polar surface area (TPSA) is 295 Å². The largest absolute Gasteiger partial charge is 0.363 e. The number of halogens is 6. The van der Waals surface area contributed by atoms with Gasteiger partial charge in [-0.25, -0.2) is 28.1 Å². The summed E-state index contributed by atoms with van der Waals surface area (Å²) in [7, 11) is 3.51. The molecule has 98 heavy (non-hydrogen) atoms. The lowest BCUT2D eigenvalue weighted by molar-refractivity contribution is 0.101. The lowest BCUT2D eigenvalue weighted by atomic mass is 10.1. The van der Waals surface area contributed by atoms with Gasteiger partial charge >= 0.3 is 0 Å². The number of hydrogen-bond acceptors (Lipinski definition) is 12. The van der Waals surface area contributed by atoms with Crippen molar-refractivity contribution in [1.82, 2.24) is 29.7 Å². The molecule has 0 unspecified atom stereocenters. The highest BCUT2D eigenvalue weighted by Crippen LogP contribution is 2.26. The molecular formula is C71H63BrCl2F3N15O6. The predicted molar refractivity (Wildman–Crippen MR) is 377 cm³/mol. The van der Waals surface area contributed by atoms with E-state index in [1.54, 1.807) is 116 Å². The van der Waals surface area contributed by atoms with Crippen molar-refractivity contribution < 1.29 is 41.9 Å². The van der Waals surface area contributed by atoms with Gasteiger partial charge in [-0.2, -0.15) is 0 Å². The number of likely N-dealkylation sites (tertiary alicyclic amines) is 2. The summed E-state index contributed by atoms with van der Waals surface area (Å²) in [6.45, 7) is 3.46. The van der Waals surface area contributed by atoms with Gasteiger partial charge in [-0.1, -0.05) is 59.6 Å². The van der Waals surface area contributed by atoms with Gasteiger partial charge in [0, 0.05) is 96.7 Å². The first-order valence-electron chi connectivity index (χ1n) is 30.4. The fraction of sp³-hybridized carbons (Fsp3) is 0.155. The zero-order valence-electron chi connectivity index (χ0n) is 52.6. The van der Waals surface area contributed by atoms with Crippen LogP contribution in [0.1, 0.15) is 111 Å². The Morgan fingerprint density at radius 3 is 1.01 bits per heavy atom. The van der Waals surface area contributed by atoms with Crippen LogP contribution in [0.4, 0.5) is 47.7 Å². The number of pyridine rings is 3. The van der Waals surface area contributed by atoms with E-state index in [1.165, 1.54) is 61.4 Å².